The molecule has 0 aliphatic carbocycles. The van der Waals surface area contributed by atoms with Crippen LogP contribution < -0.4 is 0 Å². The van der Waals surface area contributed by atoms with E-state index in [0.717, 1.165) is 11.5 Å². The number of nitrogens with zero attached hydrogens (tertiary/aromatic N) is 3. The predicted octanol–water partition coefficient (Wildman–Crippen LogP) is 0.855. The maximum absolute atomic E-state index is 4.08. The molecule has 0 fully saturated rings. The number of hydrogen-bond acceptors (Lipinski definition) is 2. The molecule has 0 radical (unpaired) electrons. The second-order valence-electron chi connectivity index (χ2n) is 2.18. The van der Waals surface area contributed by atoms with Gasteiger partial charge in [-0.1, -0.05) is 0 Å². The molecule has 9 heavy (non-hydrogen) atoms. The zero-order valence-electron chi connectivity index (χ0n) is 5.92. The Hall–Kier alpha value is -0.990. The lowest BCUT2D eigenvalue weighted by atomic mass is 10.5. The van der Waals surface area contributed by atoms with Gasteiger partial charge in [0.1, 0.15) is 5.71 Å². The molecule has 0 spiro atoms. The van der Waals surface area contributed by atoms with E-state index >= 15 is 0 Å². The Morgan fingerprint density at radius 3 is 2.44 bits per heavy atom. The van der Waals surface area contributed by atoms with Crippen LogP contribution in [-0.4, -0.2) is 22.6 Å². The van der Waals surface area contributed by atoms with Crippen molar-refractivity contribution in [2.75, 3.05) is 0 Å². The van der Waals surface area contributed by atoms with E-state index in [2.05, 4.69) is 10.1 Å². The number of aliphatic imine (C=N–C) groups is 1. The largest absolute Gasteiger partial charge is 0.313 e. The Morgan fingerprint density at radius 2 is 2.22 bits per heavy atom. The first-order valence-corrected chi connectivity index (χ1v) is 2.89. The molecule has 0 N–H and O–H groups in total. The van der Waals surface area contributed by atoms with Crippen molar-refractivity contribution in [3.63, 3.8) is 0 Å². The van der Waals surface area contributed by atoms with Crippen LogP contribution in [0.3, 0.4) is 0 Å². The van der Waals surface area contributed by atoms with E-state index in [1.165, 1.54) is 0 Å². The van der Waals surface area contributed by atoms with Crippen LogP contribution in [0.1, 0.15) is 20.8 Å². The molecule has 0 bridgehead atoms. The van der Waals surface area contributed by atoms with Crippen LogP contribution in [0.2, 0.25) is 0 Å². The molecule has 0 unspecified atom stereocenters. The van der Waals surface area contributed by atoms with Crippen molar-refractivity contribution in [1.29, 1.82) is 0 Å². The van der Waals surface area contributed by atoms with E-state index in [0.29, 0.717) is 0 Å². The first kappa shape index (κ1) is 6.13. The Morgan fingerprint density at radius 1 is 1.56 bits per heavy atom. The Kier molecular flexibility index (Phi) is 1.42. The molecule has 1 aliphatic heterocycles. The fourth-order valence-corrected chi connectivity index (χ4v) is 0.561. The predicted molar refractivity (Wildman–Crippen MR) is 38.2 cm³/mol. The number of hydrazone groups is 1. The highest BCUT2D eigenvalue weighted by atomic mass is 15.4. The Bertz CT molecular complexity index is 206. The van der Waals surface area contributed by atoms with Crippen LogP contribution in [0.15, 0.2) is 10.1 Å². The molecule has 0 atom stereocenters. The van der Waals surface area contributed by atoms with Gasteiger partial charge >= 0.3 is 6.34 Å². The lowest BCUT2D eigenvalue weighted by molar-refractivity contribution is -0.399. The monoisotopic (exact) mass is 124 g/mol. The van der Waals surface area contributed by atoms with Gasteiger partial charge in [0.2, 0.25) is 0 Å². The smallest absolute Gasteiger partial charge is 0.106 e. The van der Waals surface area contributed by atoms with Crippen molar-refractivity contribution in [2.24, 2.45) is 10.1 Å². The van der Waals surface area contributed by atoms with Gasteiger partial charge in [0.05, 0.1) is 0 Å². The zero-order chi connectivity index (χ0) is 6.85. The lowest BCUT2D eigenvalue weighted by Gasteiger charge is -1.83. The Balaban J connectivity index is 2.95. The van der Waals surface area contributed by atoms with E-state index in [1.807, 2.05) is 20.8 Å². The molecule has 0 saturated carbocycles. The molecule has 1 heterocycles. The van der Waals surface area contributed by atoms with Crippen molar-refractivity contribution in [3.05, 3.63) is 0 Å². The second-order valence-corrected chi connectivity index (χ2v) is 2.18. The summed E-state index contributed by atoms with van der Waals surface area (Å²) in [5.41, 5.74) is 1.13. The third-order valence-corrected chi connectivity index (χ3v) is 1.06. The lowest BCUT2D eigenvalue weighted by Crippen LogP contribution is -2.04. The quantitative estimate of drug-likeness (QED) is 0.428. The molecule has 0 saturated heterocycles. The van der Waals surface area contributed by atoms with Gasteiger partial charge in [-0.25, -0.2) is 0 Å². The summed E-state index contributed by atoms with van der Waals surface area (Å²) in [6.07, 6.45) is 1.71. The van der Waals surface area contributed by atoms with Gasteiger partial charge in [-0.15, -0.1) is 4.68 Å². The molecule has 0 aromatic rings. The summed E-state index contributed by atoms with van der Waals surface area (Å²) in [7, 11) is 0. The van der Waals surface area contributed by atoms with E-state index in [-0.39, 0.29) is 0 Å². The third kappa shape index (κ3) is 1.22. The van der Waals surface area contributed by atoms with Crippen molar-refractivity contribution in [2.45, 2.75) is 20.8 Å². The second kappa shape index (κ2) is 2.09. The summed E-state index contributed by atoms with van der Waals surface area (Å²) in [4.78, 5) is 3.97. The minimum Gasteiger partial charge on any atom is -0.106 e. The average Bonchev–Trinajstić information content (AvgIpc) is 2.14. The van der Waals surface area contributed by atoms with Gasteiger partial charge < -0.3 is 0 Å². The maximum atomic E-state index is 4.08. The van der Waals surface area contributed by atoms with Gasteiger partial charge in [0, 0.05) is 6.92 Å². The van der Waals surface area contributed by atoms with Crippen molar-refractivity contribution >= 4 is 17.9 Å². The molecule has 3 nitrogen and oxygen atoms in total. The topological polar surface area (TPSA) is 27.7 Å². The molecular formula is C6H10N3+. The molecule has 1 aliphatic rings. The average molecular weight is 124 g/mol. The number of rotatable bonds is 0. The van der Waals surface area contributed by atoms with Gasteiger partial charge in [0.25, 0.3) is 5.84 Å². The molecular weight excluding hydrogens is 114 g/mol. The fourth-order valence-electron chi connectivity index (χ4n) is 0.561. The first-order valence-electron chi connectivity index (χ1n) is 2.89. The standard InChI is InChI=1S/C6H10N3/c1-5(2)9-4-7-6(3)8-9/h4H,1-3H3/q+1. The molecule has 1 rings (SSSR count). The van der Waals surface area contributed by atoms with Crippen LogP contribution >= 0.6 is 0 Å². The first-order chi connectivity index (χ1) is 4.20. The van der Waals surface area contributed by atoms with E-state index in [1.54, 1.807) is 11.0 Å². The minimum atomic E-state index is 0.816. The zero-order valence-corrected chi connectivity index (χ0v) is 5.92. The van der Waals surface area contributed by atoms with Crippen molar-refractivity contribution in [3.8, 4) is 0 Å². The van der Waals surface area contributed by atoms with Crippen LogP contribution in [0.25, 0.3) is 0 Å². The summed E-state index contributed by atoms with van der Waals surface area (Å²) in [6.45, 7) is 5.86. The highest BCUT2D eigenvalue weighted by molar-refractivity contribution is 5.90. The molecule has 3 heteroatoms. The van der Waals surface area contributed by atoms with Gasteiger partial charge in [-0.05, 0) is 23.9 Å². The minimum absolute atomic E-state index is 0.816. The molecule has 0 amide bonds. The summed E-state index contributed by atoms with van der Waals surface area (Å²) < 4.78 is 1.76. The number of amidine groups is 1. The third-order valence-electron chi connectivity index (χ3n) is 1.06. The fraction of sp³-hybridized carbons (Fsp3) is 0.500. The van der Waals surface area contributed by atoms with Crippen molar-refractivity contribution < 1.29 is 4.68 Å². The van der Waals surface area contributed by atoms with Gasteiger partial charge in [0.15, 0.2) is 0 Å². The normalized spacial score (nSPS) is 16.3. The summed E-state index contributed by atoms with van der Waals surface area (Å²) in [5, 5.41) is 4.08. The van der Waals surface area contributed by atoms with Crippen LogP contribution in [0, 0.1) is 0 Å². The summed E-state index contributed by atoms with van der Waals surface area (Å²) in [6, 6.07) is 0. The van der Waals surface area contributed by atoms with E-state index < -0.39 is 0 Å². The van der Waals surface area contributed by atoms with Gasteiger partial charge in [-0.2, -0.15) is 0 Å². The summed E-state index contributed by atoms with van der Waals surface area (Å²) >= 11 is 0. The highest BCUT2D eigenvalue weighted by Crippen LogP contribution is 1.90. The van der Waals surface area contributed by atoms with E-state index in [4.69, 9.17) is 0 Å². The van der Waals surface area contributed by atoms with Crippen LogP contribution in [0.5, 0.6) is 0 Å². The van der Waals surface area contributed by atoms with E-state index in [9.17, 15) is 0 Å². The van der Waals surface area contributed by atoms with Crippen molar-refractivity contribution in [1.82, 2.24) is 0 Å². The Labute approximate surface area is 54.4 Å². The molecule has 48 valence electrons. The SMILES string of the molecule is CC1=N[N+](=C(C)C)C=N1. The number of hydrogen-bond donors (Lipinski definition) is 0. The molecule has 0 aromatic carbocycles. The van der Waals surface area contributed by atoms with Crippen LogP contribution in [0.4, 0.5) is 0 Å². The van der Waals surface area contributed by atoms with Gasteiger partial charge in [-0.3, -0.25) is 0 Å². The van der Waals surface area contributed by atoms with Crippen LogP contribution in [-0.2, 0) is 0 Å². The summed E-state index contributed by atoms with van der Waals surface area (Å²) in [5.74, 6) is 0.816. The molecule has 0 aromatic heterocycles. The maximum Gasteiger partial charge on any atom is 0.313 e. The highest BCUT2D eigenvalue weighted by Gasteiger charge is 2.09.